The topological polar surface area (TPSA) is 86.8 Å². The number of rotatable bonds is 3. The number of hydrogen-bond donors (Lipinski definition) is 2. The lowest BCUT2D eigenvalue weighted by Crippen LogP contribution is -2.43. The van der Waals surface area contributed by atoms with Gasteiger partial charge in [0.2, 0.25) is 0 Å². The van der Waals surface area contributed by atoms with Crippen molar-refractivity contribution in [2.45, 2.75) is 18.9 Å². The Hall–Kier alpha value is -3.32. The summed E-state index contributed by atoms with van der Waals surface area (Å²) in [7, 11) is 2.11. The summed E-state index contributed by atoms with van der Waals surface area (Å²) in [5.41, 5.74) is 4.29. The monoisotopic (exact) mass is 386 g/mol. The van der Waals surface area contributed by atoms with Crippen molar-refractivity contribution >= 4 is 27.8 Å². The number of likely N-dealkylation sites (tertiary alicyclic amines) is 1. The van der Waals surface area contributed by atoms with Crippen LogP contribution in [-0.2, 0) is 0 Å². The molecule has 7 heteroatoms. The number of H-pyrrole nitrogens is 1. The molecule has 3 aromatic heterocycles. The molecular weight excluding hydrogens is 364 g/mol. The second-order valence-corrected chi connectivity index (χ2v) is 7.67. The minimum absolute atomic E-state index is 0.0620. The molecule has 5 rings (SSSR count). The van der Waals surface area contributed by atoms with Crippen LogP contribution in [-0.4, -0.2) is 56.9 Å². The Morgan fingerprint density at radius 3 is 2.90 bits per heavy atom. The molecule has 29 heavy (non-hydrogen) atoms. The third-order valence-electron chi connectivity index (χ3n) is 5.66. The van der Waals surface area contributed by atoms with Gasteiger partial charge in [-0.3, -0.25) is 4.79 Å². The Labute approximate surface area is 168 Å². The zero-order chi connectivity index (χ0) is 19.8. The van der Waals surface area contributed by atoms with Gasteiger partial charge in [-0.1, -0.05) is 6.07 Å². The smallest absolute Gasteiger partial charge is 0.253 e. The molecule has 0 spiro atoms. The molecule has 2 N–H and O–H groups in total. The fourth-order valence-corrected chi connectivity index (χ4v) is 3.94. The van der Waals surface area contributed by atoms with Crippen LogP contribution in [0.15, 0.2) is 49.2 Å². The van der Waals surface area contributed by atoms with Crippen LogP contribution in [0.2, 0.25) is 0 Å². The van der Waals surface area contributed by atoms with Gasteiger partial charge in [-0.15, -0.1) is 0 Å². The Morgan fingerprint density at radius 2 is 2.03 bits per heavy atom. The van der Waals surface area contributed by atoms with Crippen LogP contribution < -0.4 is 5.32 Å². The highest BCUT2D eigenvalue weighted by molar-refractivity contribution is 6.01. The number of carbonyl (C=O) groups is 1. The van der Waals surface area contributed by atoms with Crippen LogP contribution in [0.1, 0.15) is 23.2 Å². The minimum Gasteiger partial charge on any atom is -0.349 e. The van der Waals surface area contributed by atoms with Crippen LogP contribution in [0, 0.1) is 0 Å². The second-order valence-electron chi connectivity index (χ2n) is 7.67. The number of benzene rings is 1. The Morgan fingerprint density at radius 1 is 1.17 bits per heavy atom. The zero-order valence-electron chi connectivity index (χ0n) is 16.2. The summed E-state index contributed by atoms with van der Waals surface area (Å²) < 4.78 is 0. The highest BCUT2D eigenvalue weighted by atomic mass is 16.1. The van der Waals surface area contributed by atoms with Gasteiger partial charge in [0.25, 0.3) is 5.91 Å². The third-order valence-corrected chi connectivity index (χ3v) is 5.66. The molecule has 0 atom stereocenters. The Balaban J connectivity index is 1.46. The van der Waals surface area contributed by atoms with Gasteiger partial charge in [-0.25, -0.2) is 15.0 Å². The number of nitrogens with one attached hydrogen (secondary N) is 2. The normalized spacial score (nSPS) is 15.8. The summed E-state index contributed by atoms with van der Waals surface area (Å²) in [5.74, 6) is -0.0620. The molecule has 0 aliphatic carbocycles. The van der Waals surface area contributed by atoms with Crippen molar-refractivity contribution in [2.24, 2.45) is 0 Å². The number of carbonyl (C=O) groups excluding carboxylic acids is 1. The Kier molecular flexibility index (Phi) is 4.44. The van der Waals surface area contributed by atoms with Gasteiger partial charge in [-0.2, -0.15) is 0 Å². The maximum atomic E-state index is 12.8. The van der Waals surface area contributed by atoms with E-state index in [-0.39, 0.29) is 11.9 Å². The SMILES string of the molecule is CN1CCC(NC(=O)c2cnc3[nH]cc(-c4ccc5ncncc5c4)c3c2)CC1. The van der Waals surface area contributed by atoms with E-state index in [9.17, 15) is 4.79 Å². The van der Waals surface area contributed by atoms with Crippen molar-refractivity contribution in [3.05, 3.63) is 54.7 Å². The van der Waals surface area contributed by atoms with E-state index in [4.69, 9.17) is 0 Å². The molecule has 1 aromatic carbocycles. The first-order valence-electron chi connectivity index (χ1n) is 9.84. The molecular formula is C22H22N6O. The lowest BCUT2D eigenvalue weighted by atomic mass is 10.0. The predicted octanol–water partition coefficient (Wildman–Crippen LogP) is 3.00. The third kappa shape index (κ3) is 3.45. The van der Waals surface area contributed by atoms with E-state index in [1.165, 1.54) is 0 Å². The number of nitrogens with zero attached hydrogens (tertiary/aromatic N) is 4. The fraction of sp³-hybridized carbons (Fsp3) is 0.273. The fourth-order valence-electron chi connectivity index (χ4n) is 3.94. The number of pyridine rings is 1. The van der Waals surface area contributed by atoms with E-state index < -0.39 is 0 Å². The van der Waals surface area contributed by atoms with Crippen molar-refractivity contribution in [3.8, 4) is 11.1 Å². The molecule has 7 nitrogen and oxygen atoms in total. The van der Waals surface area contributed by atoms with E-state index in [0.29, 0.717) is 5.56 Å². The summed E-state index contributed by atoms with van der Waals surface area (Å²) in [6, 6.07) is 8.21. The first kappa shape index (κ1) is 17.8. The number of aromatic nitrogens is 4. The largest absolute Gasteiger partial charge is 0.349 e. The molecule has 1 saturated heterocycles. The average Bonchev–Trinajstić information content (AvgIpc) is 3.18. The number of hydrogen-bond acceptors (Lipinski definition) is 5. The molecule has 0 unspecified atom stereocenters. The average molecular weight is 386 g/mol. The van der Waals surface area contributed by atoms with Crippen molar-refractivity contribution in [1.29, 1.82) is 0 Å². The standard InChI is InChI=1S/C22H22N6O/c1-28-6-4-17(5-7-28)27-22(29)16-9-18-19(12-25-21(18)24-11-16)14-2-3-20-15(8-14)10-23-13-26-20/h2-3,8-13,17H,4-7H2,1H3,(H,24,25)(H,27,29). The van der Waals surface area contributed by atoms with Crippen LogP contribution in [0.25, 0.3) is 33.1 Å². The van der Waals surface area contributed by atoms with Gasteiger partial charge in [0, 0.05) is 41.0 Å². The van der Waals surface area contributed by atoms with Crippen molar-refractivity contribution in [3.63, 3.8) is 0 Å². The molecule has 0 saturated carbocycles. The quantitative estimate of drug-likeness (QED) is 0.565. The van der Waals surface area contributed by atoms with E-state index in [1.807, 2.05) is 24.4 Å². The summed E-state index contributed by atoms with van der Waals surface area (Å²) in [6.07, 6.45) is 8.88. The number of aromatic amines is 1. The van der Waals surface area contributed by atoms with Gasteiger partial charge in [-0.05, 0) is 56.7 Å². The van der Waals surface area contributed by atoms with Crippen LogP contribution >= 0.6 is 0 Å². The van der Waals surface area contributed by atoms with Crippen molar-refractivity contribution in [2.75, 3.05) is 20.1 Å². The van der Waals surface area contributed by atoms with E-state index in [0.717, 1.165) is 59.0 Å². The van der Waals surface area contributed by atoms with Crippen molar-refractivity contribution < 1.29 is 4.79 Å². The zero-order valence-corrected chi connectivity index (χ0v) is 16.2. The van der Waals surface area contributed by atoms with Crippen LogP contribution in [0.5, 0.6) is 0 Å². The first-order valence-corrected chi connectivity index (χ1v) is 9.84. The lowest BCUT2D eigenvalue weighted by Gasteiger charge is -2.29. The maximum Gasteiger partial charge on any atom is 0.253 e. The minimum atomic E-state index is -0.0620. The van der Waals surface area contributed by atoms with Gasteiger partial charge < -0.3 is 15.2 Å². The summed E-state index contributed by atoms with van der Waals surface area (Å²) in [4.78, 5) is 31.1. The summed E-state index contributed by atoms with van der Waals surface area (Å²) in [5, 5.41) is 5.07. The van der Waals surface area contributed by atoms with E-state index >= 15 is 0 Å². The molecule has 0 bridgehead atoms. The molecule has 146 valence electrons. The molecule has 1 aliphatic rings. The molecule has 1 fully saturated rings. The number of piperidine rings is 1. The second kappa shape index (κ2) is 7.25. The molecule has 4 heterocycles. The van der Waals surface area contributed by atoms with Crippen molar-refractivity contribution in [1.82, 2.24) is 30.2 Å². The highest BCUT2D eigenvalue weighted by Crippen LogP contribution is 2.30. The molecule has 4 aromatic rings. The summed E-state index contributed by atoms with van der Waals surface area (Å²) >= 11 is 0. The summed E-state index contributed by atoms with van der Waals surface area (Å²) in [6.45, 7) is 2.02. The lowest BCUT2D eigenvalue weighted by molar-refractivity contribution is 0.0916. The van der Waals surface area contributed by atoms with E-state index in [2.05, 4.69) is 43.3 Å². The first-order chi connectivity index (χ1) is 14.2. The van der Waals surface area contributed by atoms with Crippen LogP contribution in [0.3, 0.4) is 0 Å². The van der Waals surface area contributed by atoms with E-state index in [1.54, 1.807) is 18.7 Å². The van der Waals surface area contributed by atoms with Gasteiger partial charge in [0.05, 0.1) is 11.1 Å². The molecule has 0 radical (unpaired) electrons. The molecule has 1 aliphatic heterocycles. The van der Waals surface area contributed by atoms with Gasteiger partial charge in [0.15, 0.2) is 0 Å². The highest BCUT2D eigenvalue weighted by Gasteiger charge is 2.20. The number of amides is 1. The maximum absolute atomic E-state index is 12.8. The van der Waals surface area contributed by atoms with Gasteiger partial charge in [0.1, 0.15) is 12.0 Å². The van der Waals surface area contributed by atoms with Gasteiger partial charge >= 0.3 is 0 Å². The Bertz CT molecular complexity index is 1190. The van der Waals surface area contributed by atoms with Crippen LogP contribution in [0.4, 0.5) is 0 Å². The molecule has 1 amide bonds. The number of fused-ring (bicyclic) bond motifs is 2. The predicted molar refractivity (Wildman–Crippen MR) is 113 cm³/mol.